The number of aryl methyl sites for hydroxylation is 1. The summed E-state index contributed by atoms with van der Waals surface area (Å²) in [7, 11) is 1.70. The highest BCUT2D eigenvalue weighted by Gasteiger charge is 2.18. The average Bonchev–Trinajstić information content (AvgIpc) is 2.30. The minimum atomic E-state index is -0.0342. The fraction of sp³-hybridized carbons (Fsp3) is 0.571. The Hall–Kier alpha value is -0.900. The van der Waals surface area contributed by atoms with Crippen LogP contribution in [-0.2, 0) is 9.47 Å². The Kier molecular flexibility index (Phi) is 6.19. The van der Waals surface area contributed by atoms with Gasteiger partial charge in [0, 0.05) is 26.4 Å². The van der Waals surface area contributed by atoms with Crippen molar-refractivity contribution in [1.29, 1.82) is 0 Å². The standard InChI is InChI=1S/C14H23NO2/c1-11-7-4-5-8-13(11)14(12(2)15)17-10-6-9-16-3/h4-5,7-8,12,14H,6,9-10,15H2,1-3H3. The zero-order valence-corrected chi connectivity index (χ0v) is 11.0. The number of benzene rings is 1. The monoisotopic (exact) mass is 237 g/mol. The van der Waals surface area contributed by atoms with Gasteiger partial charge in [0.2, 0.25) is 0 Å². The lowest BCUT2D eigenvalue weighted by atomic mass is 9.99. The molecule has 0 fully saturated rings. The molecule has 17 heavy (non-hydrogen) atoms. The van der Waals surface area contributed by atoms with E-state index >= 15 is 0 Å². The SMILES string of the molecule is COCCCOC(c1ccccc1C)C(C)N. The fourth-order valence-corrected chi connectivity index (χ4v) is 1.84. The fourth-order valence-electron chi connectivity index (χ4n) is 1.84. The first-order valence-electron chi connectivity index (χ1n) is 6.08. The third-order valence-electron chi connectivity index (χ3n) is 2.76. The molecule has 3 heteroatoms. The molecule has 0 saturated heterocycles. The van der Waals surface area contributed by atoms with E-state index in [0.717, 1.165) is 13.0 Å². The summed E-state index contributed by atoms with van der Waals surface area (Å²) in [6.07, 6.45) is 0.860. The number of methoxy groups -OCH3 is 1. The molecule has 1 aromatic rings. The first kappa shape index (κ1) is 14.2. The van der Waals surface area contributed by atoms with Crippen LogP contribution in [0.3, 0.4) is 0 Å². The molecule has 0 saturated carbocycles. The van der Waals surface area contributed by atoms with E-state index in [2.05, 4.69) is 19.1 Å². The third-order valence-corrected chi connectivity index (χ3v) is 2.76. The Bertz CT molecular complexity index is 326. The Morgan fingerprint density at radius 1 is 1.24 bits per heavy atom. The highest BCUT2D eigenvalue weighted by Crippen LogP contribution is 2.23. The second kappa shape index (κ2) is 7.43. The topological polar surface area (TPSA) is 44.5 Å². The van der Waals surface area contributed by atoms with Gasteiger partial charge < -0.3 is 15.2 Å². The maximum absolute atomic E-state index is 6.00. The highest BCUT2D eigenvalue weighted by atomic mass is 16.5. The zero-order valence-electron chi connectivity index (χ0n) is 11.0. The van der Waals surface area contributed by atoms with Gasteiger partial charge in [-0.1, -0.05) is 24.3 Å². The van der Waals surface area contributed by atoms with Crippen molar-refractivity contribution in [2.45, 2.75) is 32.4 Å². The van der Waals surface area contributed by atoms with Gasteiger partial charge in [-0.05, 0) is 31.4 Å². The Morgan fingerprint density at radius 2 is 1.94 bits per heavy atom. The van der Waals surface area contributed by atoms with Crippen LogP contribution in [0.25, 0.3) is 0 Å². The van der Waals surface area contributed by atoms with Crippen LogP contribution in [0.15, 0.2) is 24.3 Å². The molecule has 2 atom stereocenters. The van der Waals surface area contributed by atoms with Crippen LogP contribution in [0.1, 0.15) is 30.6 Å². The van der Waals surface area contributed by atoms with Crippen LogP contribution in [0.5, 0.6) is 0 Å². The molecule has 0 aliphatic carbocycles. The number of hydrogen-bond donors (Lipinski definition) is 1. The van der Waals surface area contributed by atoms with Gasteiger partial charge in [0.1, 0.15) is 0 Å². The summed E-state index contributed by atoms with van der Waals surface area (Å²) in [6.45, 7) is 5.46. The Labute approximate surface area is 104 Å². The Balaban J connectivity index is 2.63. The van der Waals surface area contributed by atoms with Gasteiger partial charge in [-0.3, -0.25) is 0 Å². The number of ether oxygens (including phenoxy) is 2. The molecule has 0 bridgehead atoms. The molecule has 0 aromatic heterocycles. The summed E-state index contributed by atoms with van der Waals surface area (Å²) in [6, 6.07) is 8.21. The van der Waals surface area contributed by atoms with E-state index in [1.807, 2.05) is 19.1 Å². The number of rotatable bonds is 7. The molecule has 0 amide bonds. The van der Waals surface area contributed by atoms with E-state index in [-0.39, 0.29) is 12.1 Å². The molecule has 0 spiro atoms. The molecule has 0 heterocycles. The molecule has 3 nitrogen and oxygen atoms in total. The molecule has 0 aliphatic heterocycles. The molecular weight excluding hydrogens is 214 g/mol. The summed E-state index contributed by atoms with van der Waals surface area (Å²) < 4.78 is 10.9. The average molecular weight is 237 g/mol. The lowest BCUT2D eigenvalue weighted by Gasteiger charge is -2.23. The van der Waals surface area contributed by atoms with Crippen LogP contribution in [0.4, 0.5) is 0 Å². The number of nitrogens with two attached hydrogens (primary N) is 1. The van der Waals surface area contributed by atoms with Crippen molar-refractivity contribution in [1.82, 2.24) is 0 Å². The predicted molar refractivity (Wildman–Crippen MR) is 70.0 cm³/mol. The highest BCUT2D eigenvalue weighted by molar-refractivity contribution is 5.28. The number of hydrogen-bond acceptors (Lipinski definition) is 3. The maximum Gasteiger partial charge on any atom is 0.0975 e. The van der Waals surface area contributed by atoms with E-state index < -0.39 is 0 Å². The van der Waals surface area contributed by atoms with Gasteiger partial charge in [-0.15, -0.1) is 0 Å². The smallest absolute Gasteiger partial charge is 0.0975 e. The lowest BCUT2D eigenvalue weighted by Crippen LogP contribution is -2.28. The molecule has 0 radical (unpaired) electrons. The predicted octanol–water partition coefficient (Wildman–Crippen LogP) is 2.44. The minimum absolute atomic E-state index is 0.0151. The normalized spacial score (nSPS) is 14.6. The van der Waals surface area contributed by atoms with Crippen molar-refractivity contribution >= 4 is 0 Å². The molecule has 2 N–H and O–H groups in total. The quantitative estimate of drug-likeness (QED) is 0.741. The van der Waals surface area contributed by atoms with Gasteiger partial charge in [0.05, 0.1) is 6.10 Å². The van der Waals surface area contributed by atoms with E-state index in [9.17, 15) is 0 Å². The summed E-state index contributed by atoms with van der Waals surface area (Å²) in [5, 5.41) is 0. The summed E-state index contributed by atoms with van der Waals surface area (Å²) in [5.41, 5.74) is 8.40. The van der Waals surface area contributed by atoms with Gasteiger partial charge in [0.25, 0.3) is 0 Å². The maximum atomic E-state index is 6.00. The van der Waals surface area contributed by atoms with Crippen molar-refractivity contribution in [2.75, 3.05) is 20.3 Å². The lowest BCUT2D eigenvalue weighted by molar-refractivity contribution is 0.0261. The van der Waals surface area contributed by atoms with Crippen LogP contribution in [0.2, 0.25) is 0 Å². The van der Waals surface area contributed by atoms with E-state index in [4.69, 9.17) is 15.2 Å². The van der Waals surface area contributed by atoms with Crippen molar-refractivity contribution in [3.63, 3.8) is 0 Å². The van der Waals surface area contributed by atoms with Crippen molar-refractivity contribution in [3.05, 3.63) is 35.4 Å². The molecule has 0 aliphatic rings. The first-order chi connectivity index (χ1) is 8.16. The van der Waals surface area contributed by atoms with E-state index in [1.165, 1.54) is 11.1 Å². The minimum Gasteiger partial charge on any atom is -0.385 e. The van der Waals surface area contributed by atoms with Gasteiger partial charge in [-0.2, -0.15) is 0 Å². The van der Waals surface area contributed by atoms with Crippen LogP contribution in [-0.4, -0.2) is 26.4 Å². The van der Waals surface area contributed by atoms with Crippen molar-refractivity contribution < 1.29 is 9.47 Å². The Morgan fingerprint density at radius 3 is 2.53 bits per heavy atom. The first-order valence-corrected chi connectivity index (χ1v) is 6.08. The molecular formula is C14H23NO2. The molecule has 1 aromatic carbocycles. The van der Waals surface area contributed by atoms with Crippen molar-refractivity contribution in [2.24, 2.45) is 5.73 Å². The molecule has 2 unspecified atom stereocenters. The third kappa shape index (κ3) is 4.46. The second-order valence-electron chi connectivity index (χ2n) is 4.35. The zero-order chi connectivity index (χ0) is 12.7. The summed E-state index contributed by atoms with van der Waals surface area (Å²) in [5.74, 6) is 0. The largest absolute Gasteiger partial charge is 0.385 e. The van der Waals surface area contributed by atoms with Gasteiger partial charge in [-0.25, -0.2) is 0 Å². The van der Waals surface area contributed by atoms with Gasteiger partial charge in [0.15, 0.2) is 0 Å². The van der Waals surface area contributed by atoms with E-state index in [0.29, 0.717) is 6.61 Å². The van der Waals surface area contributed by atoms with E-state index in [1.54, 1.807) is 7.11 Å². The second-order valence-corrected chi connectivity index (χ2v) is 4.35. The van der Waals surface area contributed by atoms with Crippen LogP contribution < -0.4 is 5.73 Å². The van der Waals surface area contributed by atoms with Crippen LogP contribution in [0, 0.1) is 6.92 Å². The van der Waals surface area contributed by atoms with Crippen LogP contribution >= 0.6 is 0 Å². The van der Waals surface area contributed by atoms with Gasteiger partial charge >= 0.3 is 0 Å². The molecule has 96 valence electrons. The summed E-state index contributed by atoms with van der Waals surface area (Å²) in [4.78, 5) is 0. The van der Waals surface area contributed by atoms with Crippen molar-refractivity contribution in [3.8, 4) is 0 Å². The molecule has 1 rings (SSSR count). The summed E-state index contributed by atoms with van der Waals surface area (Å²) >= 11 is 0.